The standard InChI is InChI=1S/C11H16N2O3/c1-15-8-13-11(14)12-7-9-4-3-5-10(6-9)16-2/h3-6H,7-8H2,1-2H3,(H2,12,13,14). The fourth-order valence-corrected chi connectivity index (χ4v) is 1.16. The lowest BCUT2D eigenvalue weighted by Gasteiger charge is -2.07. The van der Waals surface area contributed by atoms with Gasteiger partial charge in [-0.3, -0.25) is 0 Å². The summed E-state index contributed by atoms with van der Waals surface area (Å²) in [6.45, 7) is 0.649. The highest BCUT2D eigenvalue weighted by molar-refractivity contribution is 5.73. The molecule has 5 heteroatoms. The van der Waals surface area contributed by atoms with Crippen molar-refractivity contribution in [2.24, 2.45) is 0 Å². The molecular formula is C11H16N2O3. The van der Waals surface area contributed by atoms with Crippen molar-refractivity contribution in [2.45, 2.75) is 6.54 Å². The van der Waals surface area contributed by atoms with Crippen LogP contribution in [0.4, 0.5) is 4.79 Å². The quantitative estimate of drug-likeness (QED) is 0.736. The predicted molar refractivity (Wildman–Crippen MR) is 60.2 cm³/mol. The van der Waals surface area contributed by atoms with Gasteiger partial charge in [0.1, 0.15) is 12.5 Å². The molecular weight excluding hydrogens is 208 g/mol. The molecule has 0 atom stereocenters. The van der Waals surface area contributed by atoms with Crippen molar-refractivity contribution < 1.29 is 14.3 Å². The van der Waals surface area contributed by atoms with Crippen LogP contribution in [0.5, 0.6) is 5.75 Å². The topological polar surface area (TPSA) is 59.6 Å². The Hall–Kier alpha value is -1.75. The van der Waals surface area contributed by atoms with Gasteiger partial charge in [0, 0.05) is 13.7 Å². The Balaban J connectivity index is 2.38. The summed E-state index contributed by atoms with van der Waals surface area (Å²) in [5.74, 6) is 0.775. The minimum Gasteiger partial charge on any atom is -0.497 e. The van der Waals surface area contributed by atoms with Crippen molar-refractivity contribution in [1.29, 1.82) is 0 Å². The predicted octanol–water partition coefficient (Wildman–Crippen LogP) is 1.10. The summed E-state index contributed by atoms with van der Waals surface area (Å²) < 4.78 is 9.79. The maximum absolute atomic E-state index is 11.2. The number of urea groups is 1. The summed E-state index contributed by atoms with van der Waals surface area (Å²) in [7, 11) is 3.13. The zero-order chi connectivity index (χ0) is 11.8. The van der Waals surface area contributed by atoms with Gasteiger partial charge >= 0.3 is 6.03 Å². The molecule has 0 fully saturated rings. The number of rotatable bonds is 5. The number of hydrogen-bond acceptors (Lipinski definition) is 3. The maximum atomic E-state index is 11.2. The highest BCUT2D eigenvalue weighted by Gasteiger charge is 2.00. The lowest BCUT2D eigenvalue weighted by molar-refractivity contribution is 0.172. The van der Waals surface area contributed by atoms with E-state index in [1.165, 1.54) is 7.11 Å². The molecule has 2 amide bonds. The Morgan fingerprint density at radius 3 is 2.81 bits per heavy atom. The Kier molecular flexibility index (Phi) is 5.15. The second-order valence-corrected chi connectivity index (χ2v) is 3.14. The van der Waals surface area contributed by atoms with Crippen molar-refractivity contribution in [3.63, 3.8) is 0 Å². The first kappa shape index (κ1) is 12.3. The van der Waals surface area contributed by atoms with Crippen LogP contribution in [0.2, 0.25) is 0 Å². The number of benzene rings is 1. The molecule has 1 aromatic carbocycles. The molecule has 0 unspecified atom stereocenters. The first-order chi connectivity index (χ1) is 7.76. The third-order valence-electron chi connectivity index (χ3n) is 1.96. The number of carbonyl (C=O) groups excluding carboxylic acids is 1. The van der Waals surface area contributed by atoms with Crippen LogP contribution in [0.3, 0.4) is 0 Å². The number of methoxy groups -OCH3 is 2. The minimum absolute atomic E-state index is 0.198. The second-order valence-electron chi connectivity index (χ2n) is 3.14. The summed E-state index contributed by atoms with van der Waals surface area (Å²) in [5.41, 5.74) is 0.979. The molecule has 16 heavy (non-hydrogen) atoms. The maximum Gasteiger partial charge on any atom is 0.316 e. The van der Waals surface area contributed by atoms with Crippen LogP contribution >= 0.6 is 0 Å². The van der Waals surface area contributed by atoms with Crippen LogP contribution in [0.1, 0.15) is 5.56 Å². The van der Waals surface area contributed by atoms with Gasteiger partial charge in [-0.1, -0.05) is 12.1 Å². The van der Waals surface area contributed by atoms with Crippen LogP contribution in [0, 0.1) is 0 Å². The van der Waals surface area contributed by atoms with Gasteiger partial charge in [0.25, 0.3) is 0 Å². The molecule has 88 valence electrons. The van der Waals surface area contributed by atoms with E-state index in [4.69, 9.17) is 9.47 Å². The zero-order valence-corrected chi connectivity index (χ0v) is 9.45. The molecule has 0 radical (unpaired) electrons. The fourth-order valence-electron chi connectivity index (χ4n) is 1.16. The summed E-state index contributed by atoms with van der Waals surface area (Å²) in [4.78, 5) is 11.2. The average Bonchev–Trinajstić information content (AvgIpc) is 2.34. The molecule has 1 aromatic rings. The third kappa shape index (κ3) is 4.18. The lowest BCUT2D eigenvalue weighted by atomic mass is 10.2. The number of hydrogen-bond donors (Lipinski definition) is 2. The van der Waals surface area contributed by atoms with Gasteiger partial charge in [-0.2, -0.15) is 0 Å². The molecule has 2 N–H and O–H groups in total. The summed E-state index contributed by atoms with van der Waals surface area (Å²) in [5, 5.41) is 5.23. The van der Waals surface area contributed by atoms with Gasteiger partial charge in [0.05, 0.1) is 7.11 Å². The van der Waals surface area contributed by atoms with Gasteiger partial charge in [-0.05, 0) is 17.7 Å². The number of ether oxygens (including phenoxy) is 2. The van der Waals surface area contributed by atoms with Gasteiger partial charge in [-0.15, -0.1) is 0 Å². The van der Waals surface area contributed by atoms with E-state index in [0.717, 1.165) is 11.3 Å². The Morgan fingerprint density at radius 1 is 1.31 bits per heavy atom. The minimum atomic E-state index is -0.260. The van der Waals surface area contributed by atoms with E-state index in [0.29, 0.717) is 6.54 Å². The number of carbonyl (C=O) groups is 1. The van der Waals surface area contributed by atoms with Crippen LogP contribution in [0.25, 0.3) is 0 Å². The molecule has 1 rings (SSSR count). The van der Waals surface area contributed by atoms with E-state index in [2.05, 4.69) is 10.6 Å². The van der Waals surface area contributed by atoms with E-state index in [1.54, 1.807) is 7.11 Å². The average molecular weight is 224 g/mol. The van der Waals surface area contributed by atoms with Crippen molar-refractivity contribution >= 4 is 6.03 Å². The van der Waals surface area contributed by atoms with E-state index in [1.807, 2.05) is 24.3 Å². The second kappa shape index (κ2) is 6.68. The molecule has 0 aromatic heterocycles. The van der Waals surface area contributed by atoms with E-state index >= 15 is 0 Å². The van der Waals surface area contributed by atoms with E-state index < -0.39 is 0 Å². The Morgan fingerprint density at radius 2 is 2.12 bits per heavy atom. The normalized spacial score (nSPS) is 9.62. The first-order valence-electron chi connectivity index (χ1n) is 4.90. The number of amides is 2. The van der Waals surface area contributed by atoms with E-state index in [-0.39, 0.29) is 12.8 Å². The Bertz CT molecular complexity index is 342. The summed E-state index contributed by atoms with van der Waals surface area (Å²) in [6, 6.07) is 7.26. The third-order valence-corrected chi connectivity index (χ3v) is 1.96. The van der Waals surface area contributed by atoms with Gasteiger partial charge in [0.15, 0.2) is 0 Å². The largest absolute Gasteiger partial charge is 0.497 e. The Labute approximate surface area is 94.7 Å². The number of nitrogens with one attached hydrogen (secondary N) is 2. The van der Waals surface area contributed by atoms with Gasteiger partial charge in [-0.25, -0.2) is 4.79 Å². The lowest BCUT2D eigenvalue weighted by Crippen LogP contribution is -2.36. The van der Waals surface area contributed by atoms with Crippen LogP contribution in [-0.2, 0) is 11.3 Å². The van der Waals surface area contributed by atoms with E-state index in [9.17, 15) is 4.79 Å². The molecule has 0 aliphatic rings. The molecule has 0 spiro atoms. The molecule has 0 saturated carbocycles. The molecule has 0 bridgehead atoms. The molecule has 0 aliphatic heterocycles. The SMILES string of the molecule is COCNC(=O)NCc1cccc(OC)c1. The molecule has 5 nitrogen and oxygen atoms in total. The van der Waals surface area contributed by atoms with Crippen LogP contribution in [0.15, 0.2) is 24.3 Å². The van der Waals surface area contributed by atoms with Crippen molar-refractivity contribution in [3.05, 3.63) is 29.8 Å². The highest BCUT2D eigenvalue weighted by atomic mass is 16.5. The van der Waals surface area contributed by atoms with Crippen LogP contribution in [-0.4, -0.2) is 27.0 Å². The fraction of sp³-hybridized carbons (Fsp3) is 0.364. The summed E-state index contributed by atoms with van der Waals surface area (Å²) >= 11 is 0. The summed E-state index contributed by atoms with van der Waals surface area (Å²) in [6.07, 6.45) is 0. The zero-order valence-electron chi connectivity index (χ0n) is 9.45. The molecule has 0 heterocycles. The molecule has 0 saturated heterocycles. The smallest absolute Gasteiger partial charge is 0.316 e. The highest BCUT2D eigenvalue weighted by Crippen LogP contribution is 2.11. The van der Waals surface area contributed by atoms with Crippen molar-refractivity contribution in [2.75, 3.05) is 21.0 Å². The first-order valence-corrected chi connectivity index (χ1v) is 4.90. The van der Waals surface area contributed by atoms with Crippen molar-refractivity contribution in [3.8, 4) is 5.75 Å². The van der Waals surface area contributed by atoms with Gasteiger partial charge < -0.3 is 20.1 Å². The monoisotopic (exact) mass is 224 g/mol. The van der Waals surface area contributed by atoms with Gasteiger partial charge in [0.2, 0.25) is 0 Å². The van der Waals surface area contributed by atoms with Crippen LogP contribution < -0.4 is 15.4 Å². The molecule has 0 aliphatic carbocycles. The van der Waals surface area contributed by atoms with Crippen molar-refractivity contribution in [1.82, 2.24) is 10.6 Å².